The molecular weight excluding hydrogens is 1090 g/mol. The van der Waals surface area contributed by atoms with Crippen molar-refractivity contribution in [3.05, 3.63) is 36.5 Å². The monoisotopic (exact) mass is 1230 g/mol. The van der Waals surface area contributed by atoms with E-state index in [1.165, 1.54) is 263 Å². The van der Waals surface area contributed by atoms with Gasteiger partial charge < -0.3 is 45.1 Å². The van der Waals surface area contributed by atoms with Gasteiger partial charge >= 0.3 is 5.97 Å². The third kappa shape index (κ3) is 51.1. The predicted molar refractivity (Wildman–Crippen MR) is 366 cm³/mol. The Morgan fingerprint density at radius 2 is 0.793 bits per heavy atom. The molecule has 1 aliphatic rings. The van der Waals surface area contributed by atoms with E-state index in [1.54, 1.807) is 6.08 Å². The van der Waals surface area contributed by atoms with Crippen molar-refractivity contribution in [1.82, 2.24) is 5.32 Å². The van der Waals surface area contributed by atoms with Crippen molar-refractivity contribution in [2.45, 2.75) is 423 Å². The highest BCUT2D eigenvalue weighted by Gasteiger charge is 2.47. The summed E-state index contributed by atoms with van der Waals surface area (Å²) in [6.45, 7) is 5.84. The van der Waals surface area contributed by atoms with Crippen LogP contribution in [0.2, 0.25) is 0 Å². The summed E-state index contributed by atoms with van der Waals surface area (Å²) in [6.07, 6.45) is 69.0. The Morgan fingerprint density at radius 1 is 0.448 bits per heavy atom. The van der Waals surface area contributed by atoms with Crippen LogP contribution in [-0.2, 0) is 23.8 Å². The van der Waals surface area contributed by atoms with Gasteiger partial charge in [0.2, 0.25) is 5.91 Å². The third-order valence-electron chi connectivity index (χ3n) is 18.0. The highest BCUT2D eigenvalue weighted by Crippen LogP contribution is 2.27. The molecule has 512 valence electrons. The average Bonchev–Trinajstić information content (AvgIpc) is 2.25. The lowest BCUT2D eigenvalue weighted by atomic mass is 9.99. The maximum absolute atomic E-state index is 13.5. The molecule has 1 aliphatic heterocycles. The molecule has 11 heteroatoms. The predicted octanol–water partition coefficient (Wildman–Crippen LogP) is 19.7. The maximum atomic E-state index is 13.5. The average molecular weight is 1230 g/mol. The molecule has 0 bridgehead atoms. The van der Waals surface area contributed by atoms with Gasteiger partial charge in [0.25, 0.3) is 0 Å². The molecule has 0 aromatic carbocycles. The van der Waals surface area contributed by atoms with Crippen LogP contribution in [0.25, 0.3) is 0 Å². The number of ether oxygens (including phenoxy) is 3. The second-order valence-electron chi connectivity index (χ2n) is 26.4. The number of esters is 1. The Labute approximate surface area is 536 Å². The van der Waals surface area contributed by atoms with Gasteiger partial charge in [-0.15, -0.1) is 0 Å². The molecule has 1 fully saturated rings. The van der Waals surface area contributed by atoms with E-state index in [2.05, 4.69) is 50.4 Å². The molecule has 0 radical (unpaired) electrons. The zero-order chi connectivity index (χ0) is 63.1. The van der Waals surface area contributed by atoms with E-state index >= 15 is 0 Å². The van der Waals surface area contributed by atoms with Crippen molar-refractivity contribution in [2.24, 2.45) is 0 Å². The van der Waals surface area contributed by atoms with Crippen LogP contribution in [0.3, 0.4) is 0 Å². The minimum atomic E-state index is -1.61. The SMILES string of the molecule is CCCCC/C=C\C/C=C\CCCCCCCCCCCCCCC(O)C(=O)NC(COC1OC(CO)C(O)C(O)C1OC(=O)CCCCCCCCCCCCCCCCCCCCCCCCC)C(O)/C=C/CCCCCCCCCCCCC. The number of rotatable bonds is 66. The number of nitrogens with one attached hydrogen (secondary N) is 1. The van der Waals surface area contributed by atoms with E-state index in [-0.39, 0.29) is 13.0 Å². The molecule has 6 N–H and O–H groups in total. The molecule has 87 heavy (non-hydrogen) atoms. The van der Waals surface area contributed by atoms with Crippen molar-refractivity contribution < 1.29 is 49.3 Å². The smallest absolute Gasteiger partial charge is 0.306 e. The summed E-state index contributed by atoms with van der Waals surface area (Å²) < 4.78 is 17.7. The number of aliphatic hydroxyl groups excluding tert-OH is 5. The summed E-state index contributed by atoms with van der Waals surface area (Å²) in [6, 6.07) is -1.02. The van der Waals surface area contributed by atoms with Gasteiger partial charge in [-0.05, 0) is 57.8 Å². The van der Waals surface area contributed by atoms with Crippen molar-refractivity contribution >= 4 is 11.9 Å². The topological polar surface area (TPSA) is 175 Å². The third-order valence-corrected chi connectivity index (χ3v) is 18.0. The first-order valence-corrected chi connectivity index (χ1v) is 37.8. The number of carbonyl (C=O) groups excluding carboxylic acids is 2. The molecule has 0 aromatic heterocycles. The number of carbonyl (C=O) groups is 2. The van der Waals surface area contributed by atoms with Crippen LogP contribution in [0.5, 0.6) is 0 Å². The van der Waals surface area contributed by atoms with Crippen molar-refractivity contribution in [3.63, 3.8) is 0 Å². The minimum absolute atomic E-state index is 0.130. The van der Waals surface area contributed by atoms with Gasteiger partial charge in [-0.25, -0.2) is 0 Å². The fourth-order valence-electron chi connectivity index (χ4n) is 12.1. The van der Waals surface area contributed by atoms with Gasteiger partial charge in [-0.1, -0.05) is 346 Å². The minimum Gasteiger partial charge on any atom is -0.454 e. The van der Waals surface area contributed by atoms with Gasteiger partial charge in [-0.2, -0.15) is 0 Å². The summed E-state index contributed by atoms with van der Waals surface area (Å²) in [4.78, 5) is 26.7. The molecule has 1 rings (SSSR count). The quantitative estimate of drug-likeness (QED) is 0.0195. The van der Waals surface area contributed by atoms with Crippen molar-refractivity contribution in [2.75, 3.05) is 13.2 Å². The highest BCUT2D eigenvalue weighted by molar-refractivity contribution is 5.80. The number of amides is 1. The highest BCUT2D eigenvalue weighted by atomic mass is 16.7. The summed E-state index contributed by atoms with van der Waals surface area (Å²) in [5.41, 5.74) is 0. The maximum Gasteiger partial charge on any atom is 0.306 e. The molecule has 1 heterocycles. The van der Waals surface area contributed by atoms with Gasteiger partial charge in [0, 0.05) is 6.42 Å². The fourth-order valence-corrected chi connectivity index (χ4v) is 12.1. The Bertz CT molecular complexity index is 1560. The van der Waals surface area contributed by atoms with E-state index in [0.29, 0.717) is 19.3 Å². The number of unbranched alkanes of at least 4 members (excludes halogenated alkanes) is 48. The fraction of sp³-hybridized carbons (Fsp3) is 0.895. The zero-order valence-electron chi connectivity index (χ0n) is 57.2. The Kier molecular flexibility index (Phi) is 61.0. The molecule has 0 aliphatic carbocycles. The standard InChI is InChI=1S/C76H143NO10/c1-4-7-10-13-16-19-22-25-27-29-31-33-35-37-39-41-43-46-49-52-55-58-61-64-71(81)87-74-73(83)72(82)70(65-78)86-76(74)85-66-67(68(79)62-59-56-53-50-47-44-24-21-18-15-12-9-6-3)77-75(84)69(80)63-60-57-54-51-48-45-42-40-38-36-34-32-30-28-26-23-20-17-14-11-8-5-2/h17,20,26,28,59,62,67-70,72-74,76,78-80,82-83H,4-16,18-19,21-25,27,29-58,60-61,63-66H2,1-3H3,(H,77,84)/b20-17-,28-26-,62-59+. The van der Waals surface area contributed by atoms with Crippen molar-refractivity contribution in [1.29, 1.82) is 0 Å². The van der Waals surface area contributed by atoms with Crippen LogP contribution in [0.15, 0.2) is 36.5 Å². The molecule has 8 atom stereocenters. The Hall–Kier alpha value is -2.12. The second kappa shape index (κ2) is 64.0. The molecule has 11 nitrogen and oxygen atoms in total. The number of aliphatic hydroxyl groups is 5. The van der Waals surface area contributed by atoms with Crippen LogP contribution in [0, 0.1) is 0 Å². The number of allylic oxidation sites excluding steroid dienone is 5. The molecule has 0 spiro atoms. The Balaban J connectivity index is 2.55. The first kappa shape index (κ1) is 82.9. The van der Waals surface area contributed by atoms with E-state index in [4.69, 9.17) is 14.2 Å². The largest absolute Gasteiger partial charge is 0.454 e. The summed E-state index contributed by atoms with van der Waals surface area (Å²) in [5, 5.41) is 57.4. The van der Waals surface area contributed by atoms with Gasteiger partial charge in [0.05, 0.1) is 25.4 Å². The number of hydrogen-bond acceptors (Lipinski definition) is 10. The molecule has 1 saturated heterocycles. The zero-order valence-corrected chi connectivity index (χ0v) is 57.2. The summed E-state index contributed by atoms with van der Waals surface area (Å²) >= 11 is 0. The molecule has 0 saturated carbocycles. The first-order chi connectivity index (χ1) is 42.7. The lowest BCUT2D eigenvalue weighted by Crippen LogP contribution is -2.61. The summed E-state index contributed by atoms with van der Waals surface area (Å²) in [5.74, 6) is -1.18. The molecule has 8 unspecified atom stereocenters. The van der Waals surface area contributed by atoms with Crippen LogP contribution in [0.4, 0.5) is 0 Å². The van der Waals surface area contributed by atoms with Crippen LogP contribution in [-0.4, -0.2) is 99.6 Å². The van der Waals surface area contributed by atoms with E-state index < -0.39 is 67.4 Å². The lowest BCUT2D eigenvalue weighted by molar-refractivity contribution is -0.305. The first-order valence-electron chi connectivity index (χ1n) is 37.8. The van der Waals surface area contributed by atoms with E-state index in [1.807, 2.05) is 6.08 Å². The second-order valence-corrected chi connectivity index (χ2v) is 26.4. The van der Waals surface area contributed by atoms with Crippen LogP contribution in [0.1, 0.15) is 374 Å². The van der Waals surface area contributed by atoms with Gasteiger partial charge in [0.1, 0.15) is 24.4 Å². The van der Waals surface area contributed by atoms with E-state index in [0.717, 1.165) is 64.2 Å². The number of hydrogen-bond donors (Lipinski definition) is 6. The van der Waals surface area contributed by atoms with Crippen molar-refractivity contribution in [3.8, 4) is 0 Å². The molecule has 1 amide bonds. The summed E-state index contributed by atoms with van der Waals surface area (Å²) in [7, 11) is 0. The van der Waals surface area contributed by atoms with Crippen LogP contribution >= 0.6 is 0 Å². The normalized spacial score (nSPS) is 18.4. The Morgan fingerprint density at radius 3 is 1.20 bits per heavy atom. The molecular formula is C76H143NO10. The van der Waals surface area contributed by atoms with Gasteiger partial charge in [-0.3, -0.25) is 9.59 Å². The van der Waals surface area contributed by atoms with E-state index in [9.17, 15) is 35.1 Å². The van der Waals surface area contributed by atoms with Crippen LogP contribution < -0.4 is 5.32 Å². The lowest BCUT2D eigenvalue weighted by Gasteiger charge is -2.41. The van der Waals surface area contributed by atoms with Gasteiger partial charge in [0.15, 0.2) is 12.4 Å². The molecule has 0 aromatic rings.